The molecule has 1 rings (SSSR count). The van der Waals surface area contributed by atoms with E-state index in [2.05, 4.69) is 28.1 Å². The molecule has 74 valence electrons. The zero-order valence-corrected chi connectivity index (χ0v) is 9.38. The van der Waals surface area contributed by atoms with Gasteiger partial charge in [-0.05, 0) is 25.3 Å². The lowest BCUT2D eigenvalue weighted by Crippen LogP contribution is -2.12. The summed E-state index contributed by atoms with van der Waals surface area (Å²) in [6, 6.07) is 0. The number of hydrogen-bond acceptors (Lipinski definition) is 2. The summed E-state index contributed by atoms with van der Waals surface area (Å²) in [7, 11) is 0. The second-order valence-electron chi connectivity index (χ2n) is 3.22. The Labute approximate surface area is 87.4 Å². The van der Waals surface area contributed by atoms with Crippen LogP contribution in [-0.4, -0.2) is 24.4 Å². The van der Waals surface area contributed by atoms with Gasteiger partial charge in [0.2, 0.25) is 0 Å². The highest BCUT2D eigenvalue weighted by Gasteiger charge is 2.06. The van der Waals surface area contributed by atoms with E-state index in [4.69, 9.17) is 9.84 Å². The number of aliphatic hydroxyl groups is 1. The van der Waals surface area contributed by atoms with Gasteiger partial charge in [0.1, 0.15) is 0 Å². The van der Waals surface area contributed by atoms with Crippen LogP contribution in [0.15, 0.2) is 22.2 Å². The van der Waals surface area contributed by atoms with Crippen LogP contribution >= 0.6 is 15.9 Å². The van der Waals surface area contributed by atoms with Crippen LogP contribution in [0.1, 0.15) is 19.8 Å². The number of ether oxygens (including phenoxy) is 1. The number of hydrogen-bond donors (Lipinski definition) is 1. The van der Waals surface area contributed by atoms with Crippen LogP contribution in [0, 0.1) is 0 Å². The van der Waals surface area contributed by atoms with Crippen LogP contribution in [0.3, 0.4) is 0 Å². The van der Waals surface area contributed by atoms with Gasteiger partial charge in [-0.1, -0.05) is 28.1 Å². The van der Waals surface area contributed by atoms with Crippen molar-refractivity contribution in [1.82, 2.24) is 0 Å². The van der Waals surface area contributed by atoms with Gasteiger partial charge in [0.25, 0.3) is 0 Å². The minimum atomic E-state index is -0.382. The Morgan fingerprint density at radius 3 is 2.85 bits per heavy atom. The van der Waals surface area contributed by atoms with Crippen molar-refractivity contribution in [2.45, 2.75) is 25.9 Å². The molecule has 3 heteroatoms. The second-order valence-corrected chi connectivity index (χ2v) is 4.08. The molecule has 0 bridgehead atoms. The van der Waals surface area contributed by atoms with Gasteiger partial charge in [-0.3, -0.25) is 0 Å². The van der Waals surface area contributed by atoms with Crippen LogP contribution in [0.2, 0.25) is 0 Å². The van der Waals surface area contributed by atoms with Crippen molar-refractivity contribution in [3.63, 3.8) is 0 Å². The Hall–Kier alpha value is -0.120. The van der Waals surface area contributed by atoms with E-state index in [0.717, 1.165) is 17.3 Å². The summed E-state index contributed by atoms with van der Waals surface area (Å²) in [5.41, 5.74) is 1.19. The van der Waals surface area contributed by atoms with Crippen molar-refractivity contribution >= 4 is 15.9 Å². The SMILES string of the molecule is CC(O)COCC1=CCCC=C1Br. The van der Waals surface area contributed by atoms with E-state index in [-0.39, 0.29) is 6.10 Å². The molecular formula is C10H15BrO2. The van der Waals surface area contributed by atoms with Gasteiger partial charge in [-0.25, -0.2) is 0 Å². The van der Waals surface area contributed by atoms with E-state index in [1.807, 2.05) is 0 Å². The number of allylic oxidation sites excluding steroid dienone is 2. The molecule has 0 saturated carbocycles. The molecule has 2 nitrogen and oxygen atoms in total. The third-order valence-electron chi connectivity index (χ3n) is 1.80. The van der Waals surface area contributed by atoms with Gasteiger partial charge in [0.05, 0.1) is 19.3 Å². The molecule has 1 atom stereocenters. The molecule has 13 heavy (non-hydrogen) atoms. The molecule has 0 fully saturated rings. The highest BCUT2D eigenvalue weighted by atomic mass is 79.9. The summed E-state index contributed by atoms with van der Waals surface area (Å²) in [5, 5.41) is 8.98. The van der Waals surface area contributed by atoms with Crippen molar-refractivity contribution < 1.29 is 9.84 Å². The molecule has 0 aliphatic heterocycles. The van der Waals surface area contributed by atoms with Crippen molar-refractivity contribution in [3.05, 3.63) is 22.2 Å². The summed E-state index contributed by atoms with van der Waals surface area (Å²) in [5.74, 6) is 0. The predicted molar refractivity (Wildman–Crippen MR) is 56.8 cm³/mol. The number of halogens is 1. The summed E-state index contributed by atoms with van der Waals surface area (Å²) >= 11 is 3.47. The summed E-state index contributed by atoms with van der Waals surface area (Å²) in [6.45, 7) is 2.71. The van der Waals surface area contributed by atoms with Gasteiger partial charge >= 0.3 is 0 Å². The zero-order chi connectivity index (χ0) is 9.68. The van der Waals surface area contributed by atoms with Crippen LogP contribution < -0.4 is 0 Å². The molecule has 0 heterocycles. The minimum Gasteiger partial charge on any atom is -0.391 e. The van der Waals surface area contributed by atoms with Crippen molar-refractivity contribution in [1.29, 1.82) is 0 Å². The van der Waals surface area contributed by atoms with E-state index >= 15 is 0 Å². The van der Waals surface area contributed by atoms with Crippen LogP contribution in [0.25, 0.3) is 0 Å². The first-order chi connectivity index (χ1) is 6.20. The average Bonchev–Trinajstić information content (AvgIpc) is 2.08. The third-order valence-corrected chi connectivity index (χ3v) is 2.64. The highest BCUT2D eigenvalue weighted by Crippen LogP contribution is 2.23. The fourth-order valence-electron chi connectivity index (χ4n) is 1.16. The Morgan fingerprint density at radius 2 is 2.23 bits per heavy atom. The Morgan fingerprint density at radius 1 is 1.54 bits per heavy atom. The van der Waals surface area contributed by atoms with Gasteiger partial charge in [0.15, 0.2) is 0 Å². The first-order valence-electron chi connectivity index (χ1n) is 4.51. The molecule has 1 unspecified atom stereocenters. The average molecular weight is 247 g/mol. The normalized spacial score (nSPS) is 19.3. The monoisotopic (exact) mass is 246 g/mol. The lowest BCUT2D eigenvalue weighted by molar-refractivity contribution is 0.0576. The number of rotatable bonds is 4. The molecule has 0 spiro atoms. The van der Waals surface area contributed by atoms with Gasteiger partial charge in [-0.15, -0.1) is 0 Å². The fraction of sp³-hybridized carbons (Fsp3) is 0.600. The second kappa shape index (κ2) is 5.58. The van der Waals surface area contributed by atoms with E-state index in [0.29, 0.717) is 13.2 Å². The number of aliphatic hydroxyl groups excluding tert-OH is 1. The summed E-state index contributed by atoms with van der Waals surface area (Å²) in [6.07, 6.45) is 6.13. The first kappa shape index (κ1) is 11.0. The molecule has 0 aromatic carbocycles. The third kappa shape index (κ3) is 4.07. The Balaban J connectivity index is 2.28. The standard InChI is InChI=1S/C10H15BrO2/c1-8(12)6-13-7-9-4-2-3-5-10(9)11/h4-5,8,12H,2-3,6-7H2,1H3. The summed E-state index contributed by atoms with van der Waals surface area (Å²) in [4.78, 5) is 0. The highest BCUT2D eigenvalue weighted by molar-refractivity contribution is 9.12. The zero-order valence-electron chi connectivity index (χ0n) is 7.79. The van der Waals surface area contributed by atoms with E-state index in [9.17, 15) is 0 Å². The van der Waals surface area contributed by atoms with Crippen molar-refractivity contribution in [2.24, 2.45) is 0 Å². The quantitative estimate of drug-likeness (QED) is 0.826. The molecule has 0 radical (unpaired) electrons. The lowest BCUT2D eigenvalue weighted by Gasteiger charge is -2.12. The maximum Gasteiger partial charge on any atom is 0.0745 e. The van der Waals surface area contributed by atoms with Crippen LogP contribution in [-0.2, 0) is 4.74 Å². The van der Waals surface area contributed by atoms with E-state index in [1.165, 1.54) is 5.57 Å². The maximum absolute atomic E-state index is 8.98. The van der Waals surface area contributed by atoms with Crippen LogP contribution in [0.4, 0.5) is 0 Å². The molecule has 0 aromatic rings. The van der Waals surface area contributed by atoms with Crippen molar-refractivity contribution in [2.75, 3.05) is 13.2 Å². The predicted octanol–water partition coefficient (Wildman–Crippen LogP) is 2.38. The van der Waals surface area contributed by atoms with Crippen LogP contribution in [0.5, 0.6) is 0 Å². The lowest BCUT2D eigenvalue weighted by atomic mass is 10.1. The van der Waals surface area contributed by atoms with Crippen molar-refractivity contribution in [3.8, 4) is 0 Å². The molecule has 1 aliphatic rings. The Bertz CT molecular complexity index is 219. The summed E-state index contributed by atoms with van der Waals surface area (Å²) < 4.78 is 6.44. The van der Waals surface area contributed by atoms with Gasteiger partial charge in [-0.2, -0.15) is 0 Å². The largest absolute Gasteiger partial charge is 0.391 e. The first-order valence-corrected chi connectivity index (χ1v) is 5.30. The molecule has 1 N–H and O–H groups in total. The topological polar surface area (TPSA) is 29.5 Å². The maximum atomic E-state index is 8.98. The smallest absolute Gasteiger partial charge is 0.0745 e. The van der Waals surface area contributed by atoms with Gasteiger partial charge in [0, 0.05) is 4.48 Å². The Kier molecular flexibility index (Phi) is 4.70. The molecular weight excluding hydrogens is 232 g/mol. The van der Waals surface area contributed by atoms with E-state index < -0.39 is 0 Å². The molecule has 1 aliphatic carbocycles. The molecule has 0 aromatic heterocycles. The van der Waals surface area contributed by atoms with Gasteiger partial charge < -0.3 is 9.84 Å². The molecule has 0 amide bonds. The minimum absolute atomic E-state index is 0.382. The molecule has 0 saturated heterocycles. The van der Waals surface area contributed by atoms with E-state index in [1.54, 1.807) is 6.92 Å². The fourth-order valence-corrected chi connectivity index (χ4v) is 1.67.